The van der Waals surface area contributed by atoms with Crippen molar-refractivity contribution in [3.05, 3.63) is 65.9 Å². The van der Waals surface area contributed by atoms with Crippen LogP contribution in [-0.2, 0) is 65.6 Å². The average Bonchev–Trinajstić information content (AvgIpc) is 3.87. The van der Waals surface area contributed by atoms with E-state index in [9.17, 15) is 68.1 Å². The zero-order chi connectivity index (χ0) is 61.4. The summed E-state index contributed by atoms with van der Waals surface area (Å²) in [5.41, 5.74) is 18.6. The van der Waals surface area contributed by atoms with Crippen LogP contribution in [0.2, 0.25) is 0 Å². The number of rotatable bonds is 36. The van der Waals surface area contributed by atoms with Gasteiger partial charge in [0, 0.05) is 42.8 Å². The second-order valence-corrected chi connectivity index (χ2v) is 20.9. The molecular formula is C55H82N12O15. The Kier molecular flexibility index (Phi) is 27.9. The Hall–Kier alpha value is -8.17. The minimum atomic E-state index is -1.62. The number of carbonyl (C=O) groups is 11. The number of nitrogens with one attached hydrogen (secondary N) is 9. The number of phenolic OH excluding ortho intramolecular Hbond substituents is 1. The number of carboxylic acids is 2. The Morgan fingerprint density at radius 1 is 0.561 bits per heavy atom. The van der Waals surface area contributed by atoms with E-state index in [1.165, 1.54) is 24.3 Å². The van der Waals surface area contributed by atoms with Gasteiger partial charge in [-0.05, 0) is 85.7 Å². The van der Waals surface area contributed by atoms with Crippen molar-refractivity contribution in [3.63, 3.8) is 0 Å². The van der Waals surface area contributed by atoms with Crippen LogP contribution in [0.15, 0.2) is 54.7 Å². The average molecular weight is 1150 g/mol. The third kappa shape index (κ3) is 21.7. The van der Waals surface area contributed by atoms with E-state index in [-0.39, 0.29) is 44.4 Å². The van der Waals surface area contributed by atoms with Crippen LogP contribution in [0.3, 0.4) is 0 Å². The lowest BCUT2D eigenvalue weighted by Gasteiger charge is -2.30. The fourth-order valence-electron chi connectivity index (χ4n) is 8.59. The summed E-state index contributed by atoms with van der Waals surface area (Å²) in [5.74, 6) is -12.5. The third-order valence-electron chi connectivity index (χ3n) is 13.7. The molecule has 10 atom stereocenters. The number of H-pyrrole nitrogens is 1. The van der Waals surface area contributed by atoms with E-state index in [4.69, 9.17) is 22.3 Å². The molecule has 1 heterocycles. The Morgan fingerprint density at radius 2 is 1.06 bits per heavy atom. The summed E-state index contributed by atoms with van der Waals surface area (Å²) in [6.07, 6.45) is 0.906. The third-order valence-corrected chi connectivity index (χ3v) is 13.7. The number of aromatic amines is 1. The van der Waals surface area contributed by atoms with E-state index >= 15 is 0 Å². The lowest BCUT2D eigenvalue weighted by atomic mass is 9.95. The van der Waals surface area contributed by atoms with Crippen molar-refractivity contribution in [2.24, 2.45) is 35.0 Å². The number of aromatic nitrogens is 1. The number of aliphatic hydroxyl groups is 1. The van der Waals surface area contributed by atoms with Crippen LogP contribution < -0.4 is 59.7 Å². The molecule has 0 bridgehead atoms. The van der Waals surface area contributed by atoms with Crippen LogP contribution in [-0.4, -0.2) is 158 Å². The summed E-state index contributed by atoms with van der Waals surface area (Å²) in [6, 6.07) is -0.0100. The topological polar surface area (TPSA) is 459 Å². The van der Waals surface area contributed by atoms with Gasteiger partial charge in [0.25, 0.3) is 0 Å². The van der Waals surface area contributed by atoms with Crippen molar-refractivity contribution in [1.82, 2.24) is 47.5 Å². The van der Waals surface area contributed by atoms with Gasteiger partial charge in [-0.3, -0.25) is 47.9 Å². The van der Waals surface area contributed by atoms with Crippen LogP contribution in [0.4, 0.5) is 0 Å². The highest BCUT2D eigenvalue weighted by molar-refractivity contribution is 5.99. The van der Waals surface area contributed by atoms with Gasteiger partial charge in [0.1, 0.15) is 54.1 Å². The normalized spacial score (nSPS) is 15.0. The molecule has 3 rings (SSSR count). The largest absolute Gasteiger partial charge is 0.508 e. The summed E-state index contributed by atoms with van der Waals surface area (Å²) in [4.78, 5) is 150. The number of aliphatic hydroxyl groups excluding tert-OH is 1. The summed E-state index contributed by atoms with van der Waals surface area (Å²) in [7, 11) is 0. The van der Waals surface area contributed by atoms with E-state index < -0.39 is 157 Å². The predicted molar refractivity (Wildman–Crippen MR) is 299 cm³/mol. The molecule has 9 amide bonds. The van der Waals surface area contributed by atoms with Gasteiger partial charge in [-0.2, -0.15) is 0 Å². The van der Waals surface area contributed by atoms with Crippen molar-refractivity contribution in [2.75, 3.05) is 13.2 Å². The summed E-state index contributed by atoms with van der Waals surface area (Å²) in [5, 5.41) is 60.4. The fourth-order valence-corrected chi connectivity index (χ4v) is 8.59. The number of nitrogens with two attached hydrogens (primary N) is 3. The van der Waals surface area contributed by atoms with E-state index in [0.717, 1.165) is 0 Å². The number of fused-ring (bicyclic) bond motifs is 1. The predicted octanol–water partition coefficient (Wildman–Crippen LogP) is -1.44. The van der Waals surface area contributed by atoms with Crippen LogP contribution in [0, 0.1) is 17.8 Å². The van der Waals surface area contributed by atoms with Crippen molar-refractivity contribution in [3.8, 4) is 5.75 Å². The molecule has 0 aliphatic carbocycles. The minimum Gasteiger partial charge on any atom is -0.508 e. The first-order chi connectivity index (χ1) is 38.7. The number of hydrogen-bond acceptors (Lipinski definition) is 15. The number of aromatic hydroxyl groups is 1. The lowest BCUT2D eigenvalue weighted by Crippen LogP contribution is -2.62. The second-order valence-electron chi connectivity index (χ2n) is 20.9. The molecule has 1 aromatic heterocycles. The molecule has 2 aromatic carbocycles. The first-order valence-corrected chi connectivity index (χ1v) is 27.3. The molecule has 0 unspecified atom stereocenters. The maximum Gasteiger partial charge on any atom is 0.326 e. The fraction of sp³-hybridized carbons (Fsp3) is 0.545. The lowest BCUT2D eigenvalue weighted by molar-refractivity contribution is -0.144. The van der Waals surface area contributed by atoms with Gasteiger partial charge < -0.3 is 85.1 Å². The van der Waals surface area contributed by atoms with Crippen LogP contribution in [0.5, 0.6) is 5.75 Å². The number of unbranched alkanes of at least 4 members (excludes halogenated alkanes) is 1. The van der Waals surface area contributed by atoms with Gasteiger partial charge >= 0.3 is 11.9 Å². The molecule has 0 aliphatic rings. The molecule has 0 aliphatic heterocycles. The summed E-state index contributed by atoms with van der Waals surface area (Å²) >= 11 is 0. The Morgan fingerprint density at radius 3 is 1.62 bits per heavy atom. The van der Waals surface area contributed by atoms with Crippen LogP contribution >= 0.6 is 0 Å². The first-order valence-electron chi connectivity index (χ1n) is 27.3. The quantitative estimate of drug-likeness (QED) is 0.0297. The molecule has 3 aromatic rings. The SMILES string of the molecule is CC[C@H](C)[C@H](NC(=O)[C@@H](NC(=O)[C@H](CCCCN)NC(=O)[C@H](Cc1ccc(O)cc1)NC(=O)[C@@H](NC(=O)[C@H](Cc1c[nH]c2ccccc12)NC(=O)[C@H](CO)NC(=O)[C@@H](N)CCC(N)=O)C(C)C)C(C)C)C(=O)N[C@@H](CCC(=O)O)C(=O)O. The van der Waals surface area contributed by atoms with E-state index in [0.29, 0.717) is 41.3 Å². The molecule has 0 spiro atoms. The molecule has 0 saturated carbocycles. The van der Waals surface area contributed by atoms with E-state index in [1.807, 2.05) is 0 Å². The number of benzene rings is 2. The Balaban J connectivity index is 1.97. The van der Waals surface area contributed by atoms with Gasteiger partial charge in [-0.15, -0.1) is 0 Å². The molecule has 452 valence electrons. The van der Waals surface area contributed by atoms with Crippen molar-refractivity contribution in [1.29, 1.82) is 0 Å². The number of carbonyl (C=O) groups excluding carboxylic acids is 9. The van der Waals surface area contributed by atoms with Crippen LogP contribution in [0.25, 0.3) is 10.9 Å². The number of para-hydroxylation sites is 1. The molecule has 0 fully saturated rings. The zero-order valence-electron chi connectivity index (χ0n) is 47.1. The number of carboxylic acid groups (broad SMARTS) is 2. The molecule has 0 saturated heterocycles. The molecule has 27 heteroatoms. The van der Waals surface area contributed by atoms with Crippen molar-refractivity contribution < 1.29 is 73.2 Å². The zero-order valence-corrected chi connectivity index (χ0v) is 47.1. The standard InChI is InChI=1S/C55H82N12O15/c1-7-30(6)46(54(80)61-38(55(81)82)20-22-43(71)72)67-53(79)45(29(4)5)65-48(74)37(14-10-11-23-56)60-49(75)39(24-31-15-17-33(69)18-16-31)63-52(78)44(28(2)3)66-50(76)40(25-32-26-59-36-13-9-8-12-34(32)36)62-51(77)41(27-68)64-47(73)35(57)19-21-42(58)70/h8-9,12-13,15-18,26,28-30,35,37-41,44-46,59,68-69H,7,10-11,14,19-25,27,56-57H2,1-6H3,(H2,58,70)(H,60,75)(H,61,80)(H,62,77)(H,63,78)(H,64,73)(H,65,74)(H,66,76)(H,67,79)(H,71,72)(H,81,82)/t30-,35-,37-,38-,39-,40-,41-,44-,45-,46-/m0/s1. The van der Waals surface area contributed by atoms with Gasteiger partial charge in [0.15, 0.2) is 0 Å². The summed E-state index contributed by atoms with van der Waals surface area (Å²) in [6.45, 7) is 9.10. The number of hydrogen-bond donors (Lipinski definition) is 16. The molecule has 82 heavy (non-hydrogen) atoms. The summed E-state index contributed by atoms with van der Waals surface area (Å²) < 4.78 is 0. The van der Waals surface area contributed by atoms with Gasteiger partial charge in [-0.25, -0.2) is 4.79 Å². The maximum atomic E-state index is 14.6. The number of amides is 9. The van der Waals surface area contributed by atoms with Crippen LogP contribution in [0.1, 0.15) is 104 Å². The minimum absolute atomic E-state index is 0.0109. The van der Waals surface area contributed by atoms with E-state index in [1.54, 1.807) is 72.0 Å². The highest BCUT2D eigenvalue weighted by Crippen LogP contribution is 2.20. The molecular weight excluding hydrogens is 1070 g/mol. The smallest absolute Gasteiger partial charge is 0.326 e. The van der Waals surface area contributed by atoms with Gasteiger partial charge in [0.05, 0.1) is 12.6 Å². The molecule has 19 N–H and O–H groups in total. The molecule has 27 nitrogen and oxygen atoms in total. The number of aliphatic carboxylic acids is 2. The first kappa shape index (κ1) is 68.1. The molecule has 0 radical (unpaired) electrons. The Bertz CT molecular complexity index is 2680. The maximum absolute atomic E-state index is 14.6. The van der Waals surface area contributed by atoms with Crippen molar-refractivity contribution >= 4 is 76.0 Å². The highest BCUT2D eigenvalue weighted by Gasteiger charge is 2.37. The number of phenols is 1. The van der Waals surface area contributed by atoms with E-state index in [2.05, 4.69) is 47.5 Å². The monoisotopic (exact) mass is 1150 g/mol. The van der Waals surface area contributed by atoms with Gasteiger partial charge in [-0.1, -0.05) is 78.3 Å². The van der Waals surface area contributed by atoms with Crippen molar-refractivity contribution in [2.45, 2.75) is 160 Å². The van der Waals surface area contributed by atoms with Gasteiger partial charge in [0.2, 0.25) is 53.2 Å². The highest BCUT2D eigenvalue weighted by atomic mass is 16.4. The number of primary amides is 1. The second kappa shape index (κ2) is 33.6. The Labute approximate surface area is 475 Å².